The number of piperazine rings is 1. The van der Waals surface area contributed by atoms with Crippen molar-refractivity contribution in [2.24, 2.45) is 0 Å². The van der Waals surface area contributed by atoms with Crippen molar-refractivity contribution in [1.82, 2.24) is 9.80 Å². The topological polar surface area (TPSA) is 23.6 Å². The van der Waals surface area contributed by atoms with Gasteiger partial charge in [0.05, 0.1) is 0 Å². The smallest absolute Gasteiger partial charge is 0.253 e. The number of benzene rings is 1. The van der Waals surface area contributed by atoms with E-state index < -0.39 is 0 Å². The molecular weight excluding hydrogens is 307 g/mol. The first kappa shape index (κ1) is 16.6. The quantitative estimate of drug-likeness (QED) is 0.799. The van der Waals surface area contributed by atoms with Crippen molar-refractivity contribution in [2.75, 3.05) is 38.6 Å². The lowest BCUT2D eigenvalue weighted by molar-refractivity contribution is 0.0644. The molecule has 1 amide bonds. The van der Waals surface area contributed by atoms with E-state index in [0.29, 0.717) is 16.5 Å². The molecule has 0 atom stereocenters. The molecule has 3 nitrogen and oxygen atoms in total. The molecule has 6 heteroatoms. The number of carbonyl (C=O) groups is 1. The molecule has 19 heavy (non-hydrogen) atoms. The monoisotopic (exact) mass is 322 g/mol. The van der Waals surface area contributed by atoms with Gasteiger partial charge in [-0.1, -0.05) is 17.7 Å². The first-order valence-corrected chi connectivity index (χ1v) is 6.95. The maximum atomic E-state index is 12.2. The van der Waals surface area contributed by atoms with Crippen molar-refractivity contribution >= 4 is 41.5 Å². The maximum absolute atomic E-state index is 12.2. The van der Waals surface area contributed by atoms with Crippen molar-refractivity contribution in [3.63, 3.8) is 0 Å². The van der Waals surface area contributed by atoms with Crippen LogP contribution in [-0.2, 0) is 0 Å². The molecule has 0 unspecified atom stereocenters. The van der Waals surface area contributed by atoms with Crippen molar-refractivity contribution < 1.29 is 4.79 Å². The number of hydrogen-bond acceptors (Lipinski definition) is 2. The van der Waals surface area contributed by atoms with E-state index in [4.69, 9.17) is 23.2 Å². The summed E-state index contributed by atoms with van der Waals surface area (Å²) >= 11 is 11.6. The van der Waals surface area contributed by atoms with Crippen LogP contribution in [0.25, 0.3) is 0 Å². The average molecular weight is 324 g/mol. The van der Waals surface area contributed by atoms with Gasteiger partial charge in [0.2, 0.25) is 0 Å². The second-order valence-electron chi connectivity index (χ2n) is 4.33. The zero-order valence-electron chi connectivity index (χ0n) is 10.5. The van der Waals surface area contributed by atoms with Crippen LogP contribution in [0.1, 0.15) is 10.4 Å². The third-order valence-corrected chi connectivity index (χ3v) is 3.54. The van der Waals surface area contributed by atoms with E-state index in [-0.39, 0.29) is 18.3 Å². The lowest BCUT2D eigenvalue weighted by atomic mass is 10.2. The summed E-state index contributed by atoms with van der Waals surface area (Å²) in [7, 11) is 0. The molecule has 1 fully saturated rings. The van der Waals surface area contributed by atoms with Gasteiger partial charge in [-0.2, -0.15) is 0 Å². The minimum atomic E-state index is 0. The molecule has 1 aromatic carbocycles. The Kier molecular flexibility index (Phi) is 6.94. The Labute approximate surface area is 129 Å². The molecule has 1 aromatic rings. The minimum absolute atomic E-state index is 0. The highest BCUT2D eigenvalue weighted by Gasteiger charge is 2.21. The molecular formula is C13H17Cl3N2O. The molecule has 0 aromatic heterocycles. The minimum Gasteiger partial charge on any atom is -0.336 e. The van der Waals surface area contributed by atoms with E-state index in [9.17, 15) is 4.79 Å². The summed E-state index contributed by atoms with van der Waals surface area (Å²) in [6, 6.07) is 7.10. The SMILES string of the molecule is Cl.O=C(c1cccc(Cl)c1)N1CCN(CCCl)CC1. The van der Waals surface area contributed by atoms with Gasteiger partial charge in [0.25, 0.3) is 5.91 Å². The predicted molar refractivity (Wildman–Crippen MR) is 81.8 cm³/mol. The van der Waals surface area contributed by atoms with Crippen LogP contribution in [0.5, 0.6) is 0 Å². The van der Waals surface area contributed by atoms with Gasteiger partial charge in [-0.05, 0) is 18.2 Å². The predicted octanol–water partition coefficient (Wildman–Crippen LogP) is 2.76. The Hall–Kier alpha value is -0.480. The van der Waals surface area contributed by atoms with Gasteiger partial charge in [0, 0.05) is 49.2 Å². The molecule has 0 bridgehead atoms. The zero-order chi connectivity index (χ0) is 13.0. The van der Waals surface area contributed by atoms with Crippen molar-refractivity contribution in [3.8, 4) is 0 Å². The summed E-state index contributed by atoms with van der Waals surface area (Å²) in [5.74, 6) is 0.699. The molecule has 0 spiro atoms. The second-order valence-corrected chi connectivity index (χ2v) is 5.15. The molecule has 0 saturated carbocycles. The Balaban J connectivity index is 0.00000180. The molecule has 2 rings (SSSR count). The number of hydrogen-bond donors (Lipinski definition) is 0. The number of alkyl halides is 1. The van der Waals surface area contributed by atoms with E-state index in [1.807, 2.05) is 4.90 Å². The summed E-state index contributed by atoms with van der Waals surface area (Å²) in [6.45, 7) is 4.17. The summed E-state index contributed by atoms with van der Waals surface area (Å²) in [5, 5.41) is 0.599. The van der Waals surface area contributed by atoms with Gasteiger partial charge in [-0.15, -0.1) is 24.0 Å². The van der Waals surface area contributed by atoms with Crippen LogP contribution in [0.4, 0.5) is 0 Å². The van der Waals surface area contributed by atoms with E-state index in [0.717, 1.165) is 32.7 Å². The van der Waals surface area contributed by atoms with E-state index in [1.165, 1.54) is 0 Å². The summed E-state index contributed by atoms with van der Waals surface area (Å²) in [4.78, 5) is 16.4. The second kappa shape index (κ2) is 7.95. The Morgan fingerprint density at radius 3 is 2.47 bits per heavy atom. The van der Waals surface area contributed by atoms with E-state index in [2.05, 4.69) is 4.90 Å². The first-order chi connectivity index (χ1) is 8.70. The lowest BCUT2D eigenvalue weighted by Crippen LogP contribution is -2.49. The van der Waals surface area contributed by atoms with Gasteiger partial charge in [0.15, 0.2) is 0 Å². The van der Waals surface area contributed by atoms with Gasteiger partial charge in [0.1, 0.15) is 0 Å². The Morgan fingerprint density at radius 2 is 1.89 bits per heavy atom. The van der Waals surface area contributed by atoms with E-state index in [1.54, 1.807) is 24.3 Å². The fourth-order valence-electron chi connectivity index (χ4n) is 2.10. The highest BCUT2D eigenvalue weighted by Crippen LogP contribution is 2.14. The average Bonchev–Trinajstić information content (AvgIpc) is 2.39. The summed E-state index contributed by atoms with van der Waals surface area (Å²) in [5.41, 5.74) is 0.660. The molecule has 1 aliphatic rings. The first-order valence-electron chi connectivity index (χ1n) is 6.04. The molecule has 1 heterocycles. The molecule has 0 N–H and O–H groups in total. The number of halogens is 3. The standard InChI is InChI=1S/C13H16Cl2N2O.ClH/c14-4-5-16-6-8-17(9-7-16)13(18)11-2-1-3-12(15)10-11;/h1-3,10H,4-9H2;1H. The van der Waals surface area contributed by atoms with E-state index >= 15 is 0 Å². The fourth-order valence-corrected chi connectivity index (χ4v) is 2.53. The van der Waals surface area contributed by atoms with Crippen LogP contribution in [0.2, 0.25) is 5.02 Å². The lowest BCUT2D eigenvalue weighted by Gasteiger charge is -2.34. The van der Waals surface area contributed by atoms with Gasteiger partial charge in [-0.3, -0.25) is 9.69 Å². The van der Waals surface area contributed by atoms with Crippen molar-refractivity contribution in [3.05, 3.63) is 34.9 Å². The molecule has 1 aliphatic heterocycles. The molecule has 0 aliphatic carbocycles. The molecule has 0 radical (unpaired) electrons. The normalized spacial score (nSPS) is 16.0. The summed E-state index contributed by atoms with van der Waals surface area (Å²) in [6.07, 6.45) is 0. The molecule has 106 valence electrons. The van der Waals surface area contributed by atoms with Crippen LogP contribution in [0.15, 0.2) is 24.3 Å². The number of nitrogens with zero attached hydrogens (tertiary/aromatic N) is 2. The van der Waals surface area contributed by atoms with Gasteiger partial charge >= 0.3 is 0 Å². The summed E-state index contributed by atoms with van der Waals surface area (Å²) < 4.78 is 0. The van der Waals surface area contributed by atoms with Crippen LogP contribution >= 0.6 is 35.6 Å². The third-order valence-electron chi connectivity index (χ3n) is 3.13. The highest BCUT2D eigenvalue weighted by atomic mass is 35.5. The zero-order valence-corrected chi connectivity index (χ0v) is 12.8. The number of amides is 1. The largest absolute Gasteiger partial charge is 0.336 e. The number of rotatable bonds is 3. The number of carbonyl (C=O) groups excluding carboxylic acids is 1. The Morgan fingerprint density at radius 1 is 1.21 bits per heavy atom. The third kappa shape index (κ3) is 4.53. The Bertz CT molecular complexity index is 420. The van der Waals surface area contributed by atoms with Gasteiger partial charge in [-0.25, -0.2) is 0 Å². The highest BCUT2D eigenvalue weighted by molar-refractivity contribution is 6.30. The van der Waals surface area contributed by atoms with Gasteiger partial charge < -0.3 is 4.90 Å². The van der Waals surface area contributed by atoms with Crippen molar-refractivity contribution in [2.45, 2.75) is 0 Å². The molecule has 1 saturated heterocycles. The maximum Gasteiger partial charge on any atom is 0.253 e. The van der Waals surface area contributed by atoms with Crippen LogP contribution in [-0.4, -0.2) is 54.3 Å². The fraction of sp³-hybridized carbons (Fsp3) is 0.462. The van der Waals surface area contributed by atoms with Crippen LogP contribution in [0, 0.1) is 0 Å². The van der Waals surface area contributed by atoms with Crippen molar-refractivity contribution in [1.29, 1.82) is 0 Å². The van der Waals surface area contributed by atoms with Crippen LogP contribution in [0.3, 0.4) is 0 Å². The van der Waals surface area contributed by atoms with Crippen LogP contribution < -0.4 is 0 Å².